The molecule has 1 aliphatic carbocycles. The molecule has 170 valence electrons. The van der Waals surface area contributed by atoms with Gasteiger partial charge in [-0.25, -0.2) is 9.97 Å². The van der Waals surface area contributed by atoms with Gasteiger partial charge in [-0.05, 0) is 48.1 Å². The predicted octanol–water partition coefficient (Wildman–Crippen LogP) is 3.34. The van der Waals surface area contributed by atoms with Crippen LogP contribution >= 0.6 is 11.3 Å². The van der Waals surface area contributed by atoms with Gasteiger partial charge in [-0.1, -0.05) is 0 Å². The Hall–Kier alpha value is -3.04. The number of hydrogen-bond acceptors (Lipinski definition) is 8. The van der Waals surface area contributed by atoms with Crippen LogP contribution in [0.4, 0.5) is 11.5 Å². The summed E-state index contributed by atoms with van der Waals surface area (Å²) in [5, 5.41) is 4.56. The molecule has 3 aliphatic rings. The molecule has 0 radical (unpaired) electrons. The Labute approximate surface area is 195 Å². The summed E-state index contributed by atoms with van der Waals surface area (Å²) >= 11 is 1.68. The van der Waals surface area contributed by atoms with Crippen LogP contribution in [0.25, 0.3) is 10.2 Å². The molecule has 0 bridgehead atoms. The number of amides is 1. The SMILES string of the molecule is COc1cc2c(cc1Nc1ncnc3sc4c(c13)CC[C@@H](C(=O)N1CCOCC1)C4)C=NC2. The van der Waals surface area contributed by atoms with Crippen molar-refractivity contribution in [3.05, 3.63) is 40.0 Å². The fourth-order valence-electron chi connectivity index (χ4n) is 4.99. The molecule has 8 nitrogen and oxygen atoms in total. The molecule has 2 aliphatic heterocycles. The summed E-state index contributed by atoms with van der Waals surface area (Å²) < 4.78 is 11.0. The van der Waals surface area contributed by atoms with E-state index in [1.54, 1.807) is 24.8 Å². The number of thiophene rings is 1. The zero-order chi connectivity index (χ0) is 22.4. The Balaban J connectivity index is 1.31. The highest BCUT2D eigenvalue weighted by atomic mass is 32.1. The highest BCUT2D eigenvalue weighted by Crippen LogP contribution is 2.42. The number of carbonyl (C=O) groups excluding carboxylic acids is 1. The largest absolute Gasteiger partial charge is 0.495 e. The monoisotopic (exact) mass is 463 g/mol. The van der Waals surface area contributed by atoms with E-state index in [1.165, 1.54) is 10.4 Å². The Morgan fingerprint density at radius 1 is 1.27 bits per heavy atom. The van der Waals surface area contributed by atoms with Gasteiger partial charge in [-0.15, -0.1) is 11.3 Å². The number of methoxy groups -OCH3 is 1. The highest BCUT2D eigenvalue weighted by molar-refractivity contribution is 7.19. The van der Waals surface area contributed by atoms with Crippen LogP contribution in [0.15, 0.2) is 23.5 Å². The van der Waals surface area contributed by atoms with Crippen LogP contribution in [0.5, 0.6) is 5.75 Å². The lowest BCUT2D eigenvalue weighted by atomic mass is 9.86. The number of morpholine rings is 1. The average molecular weight is 464 g/mol. The van der Waals surface area contributed by atoms with Gasteiger partial charge in [0.1, 0.15) is 22.7 Å². The van der Waals surface area contributed by atoms with Gasteiger partial charge >= 0.3 is 0 Å². The fraction of sp³-hybridized carbons (Fsp3) is 0.417. The van der Waals surface area contributed by atoms with Gasteiger partial charge in [0.2, 0.25) is 5.91 Å². The first-order valence-corrected chi connectivity index (χ1v) is 12.1. The molecule has 6 rings (SSSR count). The van der Waals surface area contributed by atoms with E-state index in [0.717, 1.165) is 57.9 Å². The van der Waals surface area contributed by atoms with Crippen LogP contribution < -0.4 is 10.1 Å². The van der Waals surface area contributed by atoms with Crippen LogP contribution in [-0.2, 0) is 28.9 Å². The van der Waals surface area contributed by atoms with Crippen molar-refractivity contribution in [3.63, 3.8) is 0 Å². The van der Waals surface area contributed by atoms with Crippen molar-refractivity contribution in [1.29, 1.82) is 0 Å². The van der Waals surface area contributed by atoms with E-state index in [2.05, 4.69) is 26.3 Å². The number of aromatic nitrogens is 2. The summed E-state index contributed by atoms with van der Waals surface area (Å²) in [7, 11) is 1.68. The van der Waals surface area contributed by atoms with Gasteiger partial charge in [0.15, 0.2) is 0 Å². The number of nitrogens with one attached hydrogen (secondary N) is 1. The van der Waals surface area contributed by atoms with E-state index >= 15 is 0 Å². The molecule has 1 N–H and O–H groups in total. The quantitative estimate of drug-likeness (QED) is 0.638. The van der Waals surface area contributed by atoms with E-state index in [4.69, 9.17) is 9.47 Å². The molecule has 1 atom stereocenters. The number of carbonyl (C=O) groups is 1. The number of benzene rings is 1. The van der Waals surface area contributed by atoms with Crippen molar-refractivity contribution in [2.45, 2.75) is 25.8 Å². The van der Waals surface area contributed by atoms with Gasteiger partial charge in [0.05, 0.1) is 37.9 Å². The summed E-state index contributed by atoms with van der Waals surface area (Å²) in [4.78, 5) is 30.7. The third kappa shape index (κ3) is 3.65. The first kappa shape index (κ1) is 20.6. The lowest BCUT2D eigenvalue weighted by Gasteiger charge is -2.31. The zero-order valence-electron chi connectivity index (χ0n) is 18.5. The number of aliphatic imine (C=N–C) groups is 1. The summed E-state index contributed by atoms with van der Waals surface area (Å²) in [6, 6.07) is 4.10. The third-order valence-corrected chi connectivity index (χ3v) is 7.89. The van der Waals surface area contributed by atoms with Crippen molar-refractivity contribution < 1.29 is 14.3 Å². The molecule has 0 unspecified atom stereocenters. The van der Waals surface area contributed by atoms with Crippen LogP contribution in [0, 0.1) is 5.92 Å². The number of nitrogens with zero attached hydrogens (tertiary/aromatic N) is 4. The first-order valence-electron chi connectivity index (χ1n) is 11.3. The molecule has 9 heteroatoms. The number of hydrogen-bond donors (Lipinski definition) is 1. The minimum absolute atomic E-state index is 0.0316. The van der Waals surface area contributed by atoms with Crippen molar-refractivity contribution in [3.8, 4) is 5.75 Å². The number of rotatable bonds is 4. The van der Waals surface area contributed by atoms with Crippen LogP contribution in [0.2, 0.25) is 0 Å². The summed E-state index contributed by atoms with van der Waals surface area (Å²) in [6.45, 7) is 3.35. The van der Waals surface area contributed by atoms with Gasteiger partial charge in [-0.3, -0.25) is 9.79 Å². The van der Waals surface area contributed by atoms with Gasteiger partial charge in [0, 0.05) is 30.1 Å². The van der Waals surface area contributed by atoms with Crippen LogP contribution in [0.3, 0.4) is 0 Å². The van der Waals surface area contributed by atoms with Gasteiger partial charge in [-0.2, -0.15) is 0 Å². The molecule has 2 aromatic heterocycles. The number of anilines is 2. The van der Waals surface area contributed by atoms with Crippen molar-refractivity contribution in [2.24, 2.45) is 10.9 Å². The number of fused-ring (bicyclic) bond motifs is 4. The summed E-state index contributed by atoms with van der Waals surface area (Å²) in [5.41, 5.74) is 4.39. The van der Waals surface area contributed by atoms with Crippen LogP contribution in [-0.4, -0.2) is 60.4 Å². The second-order valence-corrected chi connectivity index (χ2v) is 9.71. The molecule has 0 spiro atoms. The lowest BCUT2D eigenvalue weighted by Crippen LogP contribution is -2.44. The molecular formula is C24H25N5O3S. The Kier molecular flexibility index (Phi) is 5.22. The van der Waals surface area contributed by atoms with E-state index in [0.29, 0.717) is 32.8 Å². The van der Waals surface area contributed by atoms with Crippen LogP contribution in [0.1, 0.15) is 28.0 Å². The first-order chi connectivity index (χ1) is 16.2. The zero-order valence-corrected chi connectivity index (χ0v) is 19.3. The standard InChI is InChI=1S/C24H25N5O3S/c1-31-19-9-16-12-25-11-15(16)8-18(19)28-22-21-17-3-2-14(24(30)29-4-6-32-7-5-29)10-20(17)33-23(21)27-13-26-22/h8-9,11,13-14H,2-7,10,12H2,1H3,(H,26,27,28)/t14-/m1/s1. The molecule has 1 saturated heterocycles. The van der Waals surface area contributed by atoms with E-state index in [9.17, 15) is 4.79 Å². The van der Waals surface area contributed by atoms with Gasteiger partial charge in [0.25, 0.3) is 0 Å². The minimum Gasteiger partial charge on any atom is -0.495 e. The third-order valence-electron chi connectivity index (χ3n) is 6.72. The lowest BCUT2D eigenvalue weighted by molar-refractivity contribution is -0.140. The highest BCUT2D eigenvalue weighted by Gasteiger charge is 2.32. The molecular weight excluding hydrogens is 438 g/mol. The maximum atomic E-state index is 13.1. The number of aryl methyl sites for hydroxylation is 1. The molecule has 1 amide bonds. The second kappa shape index (κ2) is 8.39. The van der Waals surface area contributed by atoms with E-state index in [1.807, 2.05) is 17.2 Å². The predicted molar refractivity (Wildman–Crippen MR) is 128 cm³/mol. The maximum absolute atomic E-state index is 13.1. The fourth-order valence-corrected chi connectivity index (χ4v) is 6.26. The Morgan fingerprint density at radius 2 is 2.15 bits per heavy atom. The summed E-state index contributed by atoms with van der Waals surface area (Å²) in [5.74, 6) is 1.84. The summed E-state index contributed by atoms with van der Waals surface area (Å²) in [6.07, 6.45) is 5.97. The molecule has 3 aromatic rings. The molecule has 33 heavy (non-hydrogen) atoms. The van der Waals surface area contributed by atoms with Crippen molar-refractivity contribution in [1.82, 2.24) is 14.9 Å². The van der Waals surface area contributed by atoms with E-state index in [-0.39, 0.29) is 11.8 Å². The van der Waals surface area contributed by atoms with Crippen molar-refractivity contribution in [2.75, 3.05) is 38.7 Å². The topological polar surface area (TPSA) is 88.9 Å². The minimum atomic E-state index is 0.0316. The Bertz CT molecular complexity index is 1260. The smallest absolute Gasteiger partial charge is 0.226 e. The second-order valence-electron chi connectivity index (χ2n) is 8.63. The normalized spacial score (nSPS) is 19.4. The van der Waals surface area contributed by atoms with E-state index < -0.39 is 0 Å². The molecule has 0 saturated carbocycles. The maximum Gasteiger partial charge on any atom is 0.226 e. The van der Waals surface area contributed by atoms with Gasteiger partial charge < -0.3 is 19.7 Å². The van der Waals surface area contributed by atoms with Crippen molar-refractivity contribution >= 4 is 45.2 Å². The molecule has 4 heterocycles. The Morgan fingerprint density at radius 3 is 3.00 bits per heavy atom. The molecule has 1 aromatic carbocycles. The number of ether oxygens (including phenoxy) is 2. The molecule has 1 fully saturated rings. The average Bonchev–Trinajstić information content (AvgIpc) is 3.47.